The number of amides is 1. The number of rotatable bonds is 7. The fourth-order valence-corrected chi connectivity index (χ4v) is 3.50. The number of halogens is 1. The lowest BCUT2D eigenvalue weighted by molar-refractivity contribution is -0.384. The van der Waals surface area contributed by atoms with Gasteiger partial charge in [-0.25, -0.2) is 4.39 Å². The smallest absolute Gasteiger partial charge is 0.270 e. The highest BCUT2D eigenvalue weighted by Crippen LogP contribution is 2.27. The summed E-state index contributed by atoms with van der Waals surface area (Å²) in [5, 5.41) is 14.1. The summed E-state index contributed by atoms with van der Waals surface area (Å²) < 4.78 is 19.0. The van der Waals surface area contributed by atoms with Gasteiger partial charge in [-0.05, 0) is 37.9 Å². The van der Waals surface area contributed by atoms with E-state index in [1.165, 1.54) is 24.3 Å². The third kappa shape index (κ3) is 5.11. The average molecular weight is 416 g/mol. The molecule has 1 aliphatic heterocycles. The molecule has 8 nitrogen and oxygen atoms in total. The number of non-ortho nitro benzene ring substituents is 1. The fraction of sp³-hybridized carbons (Fsp3) is 0.381. The number of nitrogens with zero attached hydrogens (tertiary/aromatic N) is 3. The van der Waals surface area contributed by atoms with E-state index in [4.69, 9.17) is 4.74 Å². The number of ether oxygens (including phenoxy) is 1. The number of anilines is 1. The van der Waals surface area contributed by atoms with E-state index >= 15 is 0 Å². The Morgan fingerprint density at radius 1 is 1.27 bits per heavy atom. The van der Waals surface area contributed by atoms with Crippen molar-refractivity contribution in [1.29, 1.82) is 0 Å². The Hall–Kier alpha value is -3.04. The van der Waals surface area contributed by atoms with E-state index in [-0.39, 0.29) is 29.7 Å². The molecule has 1 amide bonds. The predicted molar refractivity (Wildman–Crippen MR) is 111 cm³/mol. The van der Waals surface area contributed by atoms with Crippen molar-refractivity contribution in [3.63, 3.8) is 0 Å². The summed E-state index contributed by atoms with van der Waals surface area (Å²) in [6.07, 6.45) is 0. The number of hydrogen-bond acceptors (Lipinski definition) is 6. The van der Waals surface area contributed by atoms with Gasteiger partial charge in [-0.15, -0.1) is 0 Å². The van der Waals surface area contributed by atoms with Crippen LogP contribution in [0.2, 0.25) is 0 Å². The summed E-state index contributed by atoms with van der Waals surface area (Å²) in [5.74, 6) is -0.762. The van der Waals surface area contributed by atoms with Gasteiger partial charge in [-0.3, -0.25) is 14.9 Å². The zero-order valence-electron chi connectivity index (χ0n) is 17.0. The molecule has 3 rings (SSSR count). The van der Waals surface area contributed by atoms with Crippen molar-refractivity contribution in [2.45, 2.75) is 6.04 Å². The first kappa shape index (κ1) is 21.7. The maximum Gasteiger partial charge on any atom is 0.270 e. The van der Waals surface area contributed by atoms with E-state index in [9.17, 15) is 19.3 Å². The molecular formula is C21H25FN4O4. The number of morpholine rings is 1. The van der Waals surface area contributed by atoms with Crippen LogP contribution in [0.15, 0.2) is 42.5 Å². The molecule has 9 heteroatoms. The molecule has 0 spiro atoms. The third-order valence-corrected chi connectivity index (χ3v) is 5.10. The van der Waals surface area contributed by atoms with Crippen molar-refractivity contribution < 1.29 is 18.8 Å². The standard InChI is InChI=1S/C21H25FN4O4/c1-24(2)20(15-4-3-5-16(22)12-15)14-23-21(27)18-13-17(26(28)29)6-7-19(18)25-8-10-30-11-9-25/h3-7,12-13,20H,8-11,14H2,1-2H3,(H,23,27). The molecule has 0 bridgehead atoms. The molecule has 0 radical (unpaired) electrons. The molecule has 1 unspecified atom stereocenters. The number of carbonyl (C=O) groups excluding carboxylic acids is 1. The van der Waals surface area contributed by atoms with Gasteiger partial charge in [-0.1, -0.05) is 12.1 Å². The number of carbonyl (C=O) groups is 1. The van der Waals surface area contributed by atoms with Crippen molar-refractivity contribution in [2.24, 2.45) is 0 Å². The molecule has 2 aromatic rings. The molecule has 160 valence electrons. The monoisotopic (exact) mass is 416 g/mol. The molecule has 1 aliphatic rings. The van der Waals surface area contributed by atoms with Gasteiger partial charge in [0.05, 0.1) is 35.4 Å². The van der Waals surface area contributed by atoms with Crippen LogP contribution in [0.4, 0.5) is 15.8 Å². The summed E-state index contributed by atoms with van der Waals surface area (Å²) in [5.41, 5.74) is 1.45. The number of nitro benzene ring substituents is 1. The van der Waals surface area contributed by atoms with E-state index in [0.29, 0.717) is 32.0 Å². The van der Waals surface area contributed by atoms with Crippen molar-refractivity contribution in [1.82, 2.24) is 10.2 Å². The molecule has 0 aliphatic carbocycles. The molecule has 1 saturated heterocycles. The quantitative estimate of drug-likeness (QED) is 0.551. The molecular weight excluding hydrogens is 391 g/mol. The Morgan fingerprint density at radius 2 is 2.00 bits per heavy atom. The second kappa shape index (κ2) is 9.64. The van der Waals surface area contributed by atoms with Crippen LogP contribution in [-0.2, 0) is 4.74 Å². The minimum Gasteiger partial charge on any atom is -0.378 e. The highest BCUT2D eigenvalue weighted by Gasteiger charge is 2.23. The number of nitrogens with one attached hydrogen (secondary N) is 1. The number of benzene rings is 2. The first-order valence-electron chi connectivity index (χ1n) is 9.68. The topological polar surface area (TPSA) is 88.0 Å². The van der Waals surface area contributed by atoms with Crippen LogP contribution in [0.25, 0.3) is 0 Å². The van der Waals surface area contributed by atoms with Gasteiger partial charge in [0.2, 0.25) is 0 Å². The van der Waals surface area contributed by atoms with E-state index in [0.717, 1.165) is 5.56 Å². The molecule has 1 fully saturated rings. The lowest BCUT2D eigenvalue weighted by Crippen LogP contribution is -2.39. The second-order valence-corrected chi connectivity index (χ2v) is 7.30. The molecule has 30 heavy (non-hydrogen) atoms. The predicted octanol–water partition coefficient (Wildman–Crippen LogP) is 2.60. The van der Waals surface area contributed by atoms with E-state index < -0.39 is 10.8 Å². The van der Waals surface area contributed by atoms with Gasteiger partial charge >= 0.3 is 0 Å². The maximum absolute atomic E-state index is 13.6. The Bertz CT molecular complexity index is 916. The molecule has 1 N–H and O–H groups in total. The van der Waals surface area contributed by atoms with Crippen molar-refractivity contribution in [3.05, 3.63) is 69.5 Å². The lowest BCUT2D eigenvalue weighted by atomic mass is 10.0. The van der Waals surface area contributed by atoms with Gasteiger partial charge in [0, 0.05) is 31.8 Å². The summed E-state index contributed by atoms with van der Waals surface area (Å²) in [7, 11) is 3.68. The number of nitro groups is 1. The van der Waals surface area contributed by atoms with E-state index in [2.05, 4.69) is 5.32 Å². The number of hydrogen-bond donors (Lipinski definition) is 1. The zero-order chi connectivity index (χ0) is 21.7. The summed E-state index contributed by atoms with van der Waals surface area (Å²) in [6, 6.07) is 10.3. The molecule has 0 aromatic heterocycles. The minimum atomic E-state index is -0.519. The van der Waals surface area contributed by atoms with Crippen LogP contribution in [-0.4, -0.2) is 62.7 Å². The van der Waals surface area contributed by atoms with Crippen molar-refractivity contribution in [2.75, 3.05) is 51.8 Å². The van der Waals surface area contributed by atoms with Crippen LogP contribution in [0.1, 0.15) is 22.0 Å². The molecule has 2 aromatic carbocycles. The average Bonchev–Trinajstić information content (AvgIpc) is 2.73. The summed E-state index contributed by atoms with van der Waals surface area (Å²) >= 11 is 0. The normalized spacial score (nSPS) is 15.1. The Morgan fingerprint density at radius 3 is 2.63 bits per heavy atom. The first-order valence-corrected chi connectivity index (χ1v) is 9.68. The second-order valence-electron chi connectivity index (χ2n) is 7.30. The van der Waals surface area contributed by atoms with Gasteiger partial charge in [-0.2, -0.15) is 0 Å². The zero-order valence-corrected chi connectivity index (χ0v) is 17.0. The first-order chi connectivity index (χ1) is 14.4. The SMILES string of the molecule is CN(C)C(CNC(=O)c1cc([N+](=O)[O-])ccc1N1CCOCC1)c1cccc(F)c1. The van der Waals surface area contributed by atoms with Crippen LogP contribution >= 0.6 is 0 Å². The maximum atomic E-state index is 13.6. The fourth-order valence-electron chi connectivity index (χ4n) is 3.50. The lowest BCUT2D eigenvalue weighted by Gasteiger charge is -2.30. The van der Waals surface area contributed by atoms with Crippen LogP contribution in [0, 0.1) is 15.9 Å². The highest BCUT2D eigenvalue weighted by atomic mass is 19.1. The van der Waals surface area contributed by atoms with Crippen molar-refractivity contribution in [3.8, 4) is 0 Å². The minimum absolute atomic E-state index is 0.147. The van der Waals surface area contributed by atoms with E-state index in [1.807, 2.05) is 23.9 Å². The van der Waals surface area contributed by atoms with Gasteiger partial charge in [0.1, 0.15) is 5.82 Å². The van der Waals surface area contributed by atoms with Gasteiger partial charge in [0.25, 0.3) is 11.6 Å². The number of likely N-dealkylation sites (N-methyl/N-ethyl adjacent to an activating group) is 1. The van der Waals surface area contributed by atoms with Gasteiger partial charge in [0.15, 0.2) is 0 Å². The largest absolute Gasteiger partial charge is 0.378 e. The van der Waals surface area contributed by atoms with Gasteiger partial charge < -0.3 is 19.9 Å². The Kier molecular flexibility index (Phi) is 6.96. The van der Waals surface area contributed by atoms with E-state index in [1.54, 1.807) is 18.2 Å². The Balaban J connectivity index is 1.83. The highest BCUT2D eigenvalue weighted by molar-refractivity contribution is 6.00. The van der Waals surface area contributed by atoms with Crippen LogP contribution < -0.4 is 10.2 Å². The Labute approximate surface area is 174 Å². The molecule has 0 saturated carbocycles. The van der Waals surface area contributed by atoms with Crippen LogP contribution in [0.3, 0.4) is 0 Å². The molecule has 1 atom stereocenters. The summed E-state index contributed by atoms with van der Waals surface area (Å²) in [6.45, 7) is 2.48. The third-order valence-electron chi connectivity index (χ3n) is 5.10. The van der Waals surface area contributed by atoms with Crippen LogP contribution in [0.5, 0.6) is 0 Å². The summed E-state index contributed by atoms with van der Waals surface area (Å²) in [4.78, 5) is 27.6. The molecule has 1 heterocycles. The van der Waals surface area contributed by atoms with Crippen molar-refractivity contribution >= 4 is 17.3 Å².